The quantitative estimate of drug-likeness (QED) is 0.145. The van der Waals surface area contributed by atoms with E-state index in [0.717, 1.165) is 101 Å². The molecular formula is C68H44N6. The van der Waals surface area contributed by atoms with E-state index in [9.17, 15) is 0 Å². The monoisotopic (exact) mass is 944 g/mol. The van der Waals surface area contributed by atoms with Crippen molar-refractivity contribution in [3.8, 4) is 90.3 Å². The van der Waals surface area contributed by atoms with Crippen molar-refractivity contribution in [2.75, 3.05) is 0 Å². The maximum Gasteiger partial charge on any atom is 0.160 e. The summed E-state index contributed by atoms with van der Waals surface area (Å²) in [6.45, 7) is 0. The minimum atomic E-state index is 0.665. The van der Waals surface area contributed by atoms with Crippen LogP contribution in [0.5, 0.6) is 0 Å². The molecular weight excluding hydrogens is 901 g/mol. The lowest BCUT2D eigenvalue weighted by Gasteiger charge is -2.16. The maximum absolute atomic E-state index is 5.24. The highest BCUT2D eigenvalue weighted by Crippen LogP contribution is 2.44. The Bertz CT molecular complexity index is 4010. The first-order valence-electron chi connectivity index (χ1n) is 25.0. The normalized spacial score (nSPS) is 11.5. The van der Waals surface area contributed by atoms with Crippen LogP contribution in [0.4, 0.5) is 0 Å². The van der Waals surface area contributed by atoms with Gasteiger partial charge < -0.3 is 9.13 Å². The third kappa shape index (κ3) is 7.44. The predicted molar refractivity (Wildman–Crippen MR) is 304 cm³/mol. The largest absolute Gasteiger partial charge is 0.309 e. The van der Waals surface area contributed by atoms with Gasteiger partial charge in [0, 0.05) is 77.4 Å². The number of para-hydroxylation sites is 4. The first-order valence-corrected chi connectivity index (χ1v) is 25.0. The van der Waals surface area contributed by atoms with Gasteiger partial charge in [-0.05, 0) is 48.5 Å². The molecule has 10 aromatic carbocycles. The van der Waals surface area contributed by atoms with Gasteiger partial charge in [0.1, 0.15) is 0 Å². The van der Waals surface area contributed by atoms with Crippen LogP contribution in [-0.4, -0.2) is 29.1 Å². The second-order valence-corrected chi connectivity index (χ2v) is 18.6. The van der Waals surface area contributed by atoms with Crippen molar-refractivity contribution in [1.82, 2.24) is 29.1 Å². The second-order valence-electron chi connectivity index (χ2n) is 18.6. The molecule has 4 aromatic heterocycles. The lowest BCUT2D eigenvalue weighted by atomic mass is 9.99. The van der Waals surface area contributed by atoms with Crippen molar-refractivity contribution in [3.05, 3.63) is 267 Å². The molecule has 346 valence electrons. The molecule has 0 bridgehead atoms. The van der Waals surface area contributed by atoms with Gasteiger partial charge in [0.25, 0.3) is 0 Å². The highest BCUT2D eigenvalue weighted by atomic mass is 15.0. The zero-order valence-electron chi connectivity index (χ0n) is 40.1. The number of aromatic nitrogens is 6. The highest BCUT2D eigenvalue weighted by Gasteiger charge is 2.23. The predicted octanol–water partition coefficient (Wildman–Crippen LogP) is 17.1. The van der Waals surface area contributed by atoms with E-state index in [1.165, 1.54) is 21.5 Å². The Kier molecular flexibility index (Phi) is 10.4. The van der Waals surface area contributed by atoms with Crippen LogP contribution in [0.25, 0.3) is 134 Å². The number of hydrogen-bond acceptors (Lipinski definition) is 4. The molecule has 74 heavy (non-hydrogen) atoms. The Balaban J connectivity index is 0.970. The van der Waals surface area contributed by atoms with Crippen LogP contribution < -0.4 is 0 Å². The van der Waals surface area contributed by atoms with E-state index >= 15 is 0 Å². The first-order chi connectivity index (χ1) is 36.7. The van der Waals surface area contributed by atoms with E-state index in [1.54, 1.807) is 0 Å². The van der Waals surface area contributed by atoms with Crippen molar-refractivity contribution in [3.63, 3.8) is 0 Å². The summed E-state index contributed by atoms with van der Waals surface area (Å²) in [5.41, 5.74) is 18.2. The molecule has 0 N–H and O–H groups in total. The topological polar surface area (TPSA) is 61.4 Å². The van der Waals surface area contributed by atoms with Crippen LogP contribution in [0.15, 0.2) is 267 Å². The van der Waals surface area contributed by atoms with Crippen molar-refractivity contribution in [2.24, 2.45) is 0 Å². The molecule has 0 atom stereocenters. The van der Waals surface area contributed by atoms with Crippen LogP contribution in [0.1, 0.15) is 0 Å². The van der Waals surface area contributed by atoms with Gasteiger partial charge in [0.15, 0.2) is 11.6 Å². The first kappa shape index (κ1) is 42.8. The summed E-state index contributed by atoms with van der Waals surface area (Å²) in [6, 6.07) is 93.9. The molecule has 6 heteroatoms. The van der Waals surface area contributed by atoms with Crippen molar-refractivity contribution >= 4 is 43.6 Å². The number of benzene rings is 10. The van der Waals surface area contributed by atoms with Gasteiger partial charge in [0.05, 0.1) is 44.8 Å². The van der Waals surface area contributed by atoms with Gasteiger partial charge in [-0.15, -0.1) is 0 Å². The Morgan fingerprint density at radius 2 is 0.527 bits per heavy atom. The van der Waals surface area contributed by atoms with Crippen LogP contribution in [0, 0.1) is 0 Å². The van der Waals surface area contributed by atoms with E-state index in [2.05, 4.69) is 252 Å². The Morgan fingerprint density at radius 1 is 0.230 bits per heavy atom. The third-order valence-corrected chi connectivity index (χ3v) is 14.1. The minimum Gasteiger partial charge on any atom is -0.309 e. The molecule has 0 saturated heterocycles. The smallest absolute Gasteiger partial charge is 0.160 e. The summed E-state index contributed by atoms with van der Waals surface area (Å²) in [7, 11) is 0. The number of hydrogen-bond donors (Lipinski definition) is 0. The molecule has 0 spiro atoms. The average molecular weight is 945 g/mol. The molecule has 0 aliphatic carbocycles. The molecule has 14 rings (SSSR count). The van der Waals surface area contributed by atoms with Gasteiger partial charge in [-0.2, -0.15) is 0 Å². The van der Waals surface area contributed by atoms with E-state index < -0.39 is 0 Å². The molecule has 0 unspecified atom stereocenters. The fourth-order valence-electron chi connectivity index (χ4n) is 10.8. The van der Waals surface area contributed by atoms with E-state index in [4.69, 9.17) is 19.9 Å². The van der Waals surface area contributed by atoms with Crippen LogP contribution in [0.3, 0.4) is 0 Å². The van der Waals surface area contributed by atoms with Gasteiger partial charge in [-0.1, -0.05) is 218 Å². The van der Waals surface area contributed by atoms with E-state index in [0.29, 0.717) is 11.6 Å². The molecule has 0 aliphatic rings. The number of nitrogens with zero attached hydrogens (tertiary/aromatic N) is 6. The van der Waals surface area contributed by atoms with E-state index in [1.807, 2.05) is 24.3 Å². The molecule has 4 heterocycles. The summed E-state index contributed by atoms with van der Waals surface area (Å²) < 4.78 is 4.85. The van der Waals surface area contributed by atoms with Crippen molar-refractivity contribution in [2.45, 2.75) is 0 Å². The Labute approximate surface area is 427 Å². The summed E-state index contributed by atoms with van der Waals surface area (Å²) >= 11 is 0. The summed E-state index contributed by atoms with van der Waals surface area (Å²) in [4.78, 5) is 20.9. The summed E-state index contributed by atoms with van der Waals surface area (Å²) in [5.74, 6) is 1.33. The standard InChI is InChI=1S/C68H44N6/c1-5-21-45(22-6-1)59-43-60(46-23-7-2-8-24-46)70-67(69-59)49-29-17-31-51(41-49)73-63-39-15-13-33-53(63)55-35-19-37-57(65(55)73)58-38-20-36-56-54-34-14-16-40-64(54)74(66(56)58)52-32-18-30-50(42-52)68-71-61(47-25-9-3-10-26-47)44-62(72-68)48-27-11-4-12-28-48/h1-44H. The zero-order valence-corrected chi connectivity index (χ0v) is 40.1. The van der Waals surface area contributed by atoms with Gasteiger partial charge in [-0.25, -0.2) is 19.9 Å². The Hall–Kier alpha value is -10.0. The lowest BCUT2D eigenvalue weighted by molar-refractivity contribution is 1.15. The molecule has 14 aromatic rings. The molecule has 0 saturated carbocycles. The van der Waals surface area contributed by atoms with Gasteiger partial charge in [-0.3, -0.25) is 0 Å². The third-order valence-electron chi connectivity index (χ3n) is 14.1. The van der Waals surface area contributed by atoms with Gasteiger partial charge >= 0.3 is 0 Å². The zero-order chi connectivity index (χ0) is 49.0. The molecule has 0 aliphatic heterocycles. The Morgan fingerprint density at radius 3 is 0.892 bits per heavy atom. The molecule has 0 amide bonds. The molecule has 6 nitrogen and oxygen atoms in total. The van der Waals surface area contributed by atoms with Crippen LogP contribution in [-0.2, 0) is 0 Å². The number of fused-ring (bicyclic) bond motifs is 6. The fourth-order valence-corrected chi connectivity index (χ4v) is 10.8. The summed E-state index contributed by atoms with van der Waals surface area (Å²) in [5, 5.41) is 4.69. The second kappa shape index (κ2) is 18.0. The van der Waals surface area contributed by atoms with Crippen molar-refractivity contribution in [1.29, 1.82) is 0 Å². The minimum absolute atomic E-state index is 0.665. The SMILES string of the molecule is c1ccc(-c2cc(-c3ccccc3)nc(-c3cccc(-n4c5ccccc5c5cccc(-c6cccc7c8ccccc8n(-c8cccc(-c9nc(-c%10ccccc%10)cc(-c%10ccccc%10)n9)c8)c67)c54)c3)n2)cc1. The maximum atomic E-state index is 5.24. The highest BCUT2D eigenvalue weighted by molar-refractivity contribution is 6.19. The van der Waals surface area contributed by atoms with Crippen LogP contribution in [0.2, 0.25) is 0 Å². The number of rotatable bonds is 9. The molecule has 0 radical (unpaired) electrons. The molecule has 0 fully saturated rings. The lowest BCUT2D eigenvalue weighted by Crippen LogP contribution is -2.00. The van der Waals surface area contributed by atoms with Gasteiger partial charge in [0.2, 0.25) is 0 Å². The van der Waals surface area contributed by atoms with Crippen molar-refractivity contribution < 1.29 is 0 Å². The summed E-state index contributed by atoms with van der Waals surface area (Å²) in [6.07, 6.45) is 0. The average Bonchev–Trinajstić information content (AvgIpc) is 4.02. The fraction of sp³-hybridized carbons (Fsp3) is 0. The van der Waals surface area contributed by atoms with E-state index in [-0.39, 0.29) is 0 Å². The van der Waals surface area contributed by atoms with Crippen LogP contribution >= 0.6 is 0 Å².